The topological polar surface area (TPSA) is 52.3 Å². The fourth-order valence-electron chi connectivity index (χ4n) is 3.23. The normalized spacial score (nSPS) is 12.9. The summed E-state index contributed by atoms with van der Waals surface area (Å²) in [5.74, 6) is -2.26. The van der Waals surface area contributed by atoms with E-state index in [1.165, 1.54) is 0 Å². The van der Waals surface area contributed by atoms with E-state index in [1.807, 2.05) is 91.0 Å². The Morgan fingerprint density at radius 3 is 1.47 bits per heavy atom. The van der Waals surface area contributed by atoms with Gasteiger partial charge in [0.15, 0.2) is 5.44 Å². The summed E-state index contributed by atoms with van der Waals surface area (Å²) >= 11 is 1.07. The number of ether oxygens (including phenoxy) is 1. The van der Waals surface area contributed by atoms with Gasteiger partial charge in [-0.05, 0) is 16.7 Å². The molecule has 3 rings (SSSR count). The van der Waals surface area contributed by atoms with Crippen LogP contribution in [0.4, 0.5) is 13.2 Å². The molecular weight excluding hydrogens is 411 g/mol. The molecule has 0 aliphatic rings. The first-order valence-corrected chi connectivity index (χ1v) is 10.1. The van der Waals surface area contributed by atoms with E-state index in [1.54, 1.807) is 0 Å². The number of benzene rings is 3. The quantitative estimate of drug-likeness (QED) is 0.321. The molecule has 0 fully saturated rings. The number of alkyl halides is 3. The van der Waals surface area contributed by atoms with Crippen LogP contribution in [0.5, 0.6) is 0 Å². The van der Waals surface area contributed by atoms with E-state index >= 15 is 0 Å². The van der Waals surface area contributed by atoms with Crippen LogP contribution < -0.4 is 5.73 Å². The molecule has 0 aromatic heterocycles. The van der Waals surface area contributed by atoms with Gasteiger partial charge in [0.2, 0.25) is 0 Å². The number of rotatable bonds is 7. The lowest BCUT2D eigenvalue weighted by Crippen LogP contribution is -2.36. The zero-order valence-corrected chi connectivity index (χ0v) is 16.7. The lowest BCUT2D eigenvalue weighted by molar-refractivity contribution is -0.200. The average Bonchev–Trinajstić information content (AvgIpc) is 2.77. The van der Waals surface area contributed by atoms with Crippen molar-refractivity contribution >= 4 is 17.7 Å². The Morgan fingerprint density at radius 2 is 1.17 bits per heavy atom. The molecule has 3 aromatic carbocycles. The predicted octanol–water partition coefficient (Wildman–Crippen LogP) is 5.10. The smallest absolute Gasteiger partial charge is 0.443 e. The van der Waals surface area contributed by atoms with Crippen molar-refractivity contribution in [1.29, 1.82) is 0 Å². The van der Waals surface area contributed by atoms with Gasteiger partial charge in [-0.15, -0.1) is 0 Å². The summed E-state index contributed by atoms with van der Waals surface area (Å²) in [6.45, 7) is -0.277. The standard InChI is InChI=1S/C23H20F3NO2S/c24-23(25,26)21(28)29-20(16-27)30-22(17-10-4-1-5-11-17,18-12-6-2-7-13-18)19-14-8-3-9-15-19/h1-15,20H,16,27H2. The Labute approximate surface area is 177 Å². The number of hydrogen-bond donors (Lipinski definition) is 1. The van der Waals surface area contributed by atoms with Crippen LogP contribution in [0.15, 0.2) is 91.0 Å². The molecule has 0 aliphatic heterocycles. The Kier molecular flexibility index (Phi) is 6.84. The van der Waals surface area contributed by atoms with Gasteiger partial charge in [-0.25, -0.2) is 4.79 Å². The Balaban J connectivity index is 2.17. The molecule has 3 nitrogen and oxygen atoms in total. The molecular formula is C23H20F3NO2S. The highest BCUT2D eigenvalue weighted by molar-refractivity contribution is 8.01. The minimum absolute atomic E-state index is 0.277. The summed E-state index contributed by atoms with van der Waals surface area (Å²) in [6.07, 6.45) is -5.09. The van der Waals surface area contributed by atoms with Gasteiger partial charge < -0.3 is 10.5 Å². The Hall–Kier alpha value is -2.77. The van der Waals surface area contributed by atoms with E-state index in [0.29, 0.717) is 0 Å². The number of carbonyl (C=O) groups is 1. The molecule has 1 atom stereocenters. The predicted molar refractivity (Wildman–Crippen MR) is 112 cm³/mol. The molecule has 0 spiro atoms. The number of thioether (sulfide) groups is 1. The lowest BCUT2D eigenvalue weighted by Gasteiger charge is -2.37. The van der Waals surface area contributed by atoms with Gasteiger partial charge in [0.05, 0.1) is 4.75 Å². The lowest BCUT2D eigenvalue weighted by atomic mass is 9.84. The molecule has 2 N–H and O–H groups in total. The summed E-state index contributed by atoms with van der Waals surface area (Å²) in [7, 11) is 0. The molecule has 0 bridgehead atoms. The Bertz CT molecular complexity index is 854. The highest BCUT2D eigenvalue weighted by Gasteiger charge is 2.45. The average molecular weight is 431 g/mol. The molecule has 0 saturated carbocycles. The van der Waals surface area contributed by atoms with Crippen molar-refractivity contribution in [3.05, 3.63) is 108 Å². The molecule has 0 radical (unpaired) electrons. The molecule has 3 aromatic rings. The number of halogens is 3. The summed E-state index contributed by atoms with van der Waals surface area (Å²) in [5.41, 5.74) is 7.00. The first-order valence-electron chi connectivity index (χ1n) is 9.20. The van der Waals surface area contributed by atoms with E-state index in [-0.39, 0.29) is 6.54 Å². The molecule has 0 aliphatic carbocycles. The third-order valence-corrected chi connectivity index (χ3v) is 6.12. The van der Waals surface area contributed by atoms with E-state index in [0.717, 1.165) is 28.5 Å². The van der Waals surface area contributed by atoms with Crippen LogP contribution in [-0.4, -0.2) is 24.1 Å². The van der Waals surface area contributed by atoms with Crippen molar-refractivity contribution < 1.29 is 22.7 Å². The van der Waals surface area contributed by atoms with Gasteiger partial charge >= 0.3 is 12.1 Å². The zero-order valence-electron chi connectivity index (χ0n) is 15.9. The van der Waals surface area contributed by atoms with Crippen LogP contribution in [0.2, 0.25) is 0 Å². The number of carbonyl (C=O) groups excluding carboxylic acids is 1. The van der Waals surface area contributed by atoms with Gasteiger partial charge in [0.25, 0.3) is 0 Å². The van der Waals surface area contributed by atoms with Crippen LogP contribution in [0.25, 0.3) is 0 Å². The molecule has 156 valence electrons. The summed E-state index contributed by atoms with van der Waals surface area (Å²) in [5, 5.41) is 0. The van der Waals surface area contributed by atoms with Crippen LogP contribution in [-0.2, 0) is 14.3 Å². The van der Waals surface area contributed by atoms with Crippen molar-refractivity contribution in [2.75, 3.05) is 6.54 Å². The molecule has 7 heteroatoms. The first-order chi connectivity index (χ1) is 14.4. The molecule has 30 heavy (non-hydrogen) atoms. The number of nitrogens with two attached hydrogens (primary N) is 1. The van der Waals surface area contributed by atoms with Gasteiger partial charge in [-0.3, -0.25) is 0 Å². The monoisotopic (exact) mass is 431 g/mol. The first kappa shape index (κ1) is 21.9. The highest BCUT2D eigenvalue weighted by Crippen LogP contribution is 2.50. The number of hydrogen-bond acceptors (Lipinski definition) is 4. The second kappa shape index (κ2) is 9.36. The van der Waals surface area contributed by atoms with E-state index < -0.39 is 22.3 Å². The Morgan fingerprint density at radius 1 is 0.800 bits per heavy atom. The SMILES string of the molecule is NCC(OC(=O)C(F)(F)F)SC(c1ccccc1)(c1ccccc1)c1ccccc1. The maximum Gasteiger partial charge on any atom is 0.490 e. The van der Waals surface area contributed by atoms with Crippen LogP contribution in [0.1, 0.15) is 16.7 Å². The van der Waals surface area contributed by atoms with Crippen molar-refractivity contribution in [2.24, 2.45) is 5.73 Å². The highest BCUT2D eigenvalue weighted by atomic mass is 32.2. The minimum atomic E-state index is -5.09. The molecule has 1 unspecified atom stereocenters. The van der Waals surface area contributed by atoms with Gasteiger partial charge in [0, 0.05) is 6.54 Å². The molecule has 0 heterocycles. The van der Waals surface area contributed by atoms with Crippen molar-refractivity contribution in [3.63, 3.8) is 0 Å². The van der Waals surface area contributed by atoms with E-state index in [4.69, 9.17) is 10.5 Å². The van der Waals surface area contributed by atoms with Crippen LogP contribution in [0.3, 0.4) is 0 Å². The maximum absolute atomic E-state index is 12.8. The minimum Gasteiger partial charge on any atom is -0.443 e. The fraction of sp³-hybridized carbons (Fsp3) is 0.174. The third kappa shape index (κ3) is 4.68. The van der Waals surface area contributed by atoms with Crippen molar-refractivity contribution in [3.8, 4) is 0 Å². The maximum atomic E-state index is 12.8. The second-order valence-electron chi connectivity index (χ2n) is 6.47. The number of esters is 1. The van der Waals surface area contributed by atoms with E-state index in [2.05, 4.69) is 0 Å². The van der Waals surface area contributed by atoms with Gasteiger partial charge in [0.1, 0.15) is 0 Å². The van der Waals surface area contributed by atoms with E-state index in [9.17, 15) is 18.0 Å². The zero-order chi connectivity index (χ0) is 21.6. The largest absolute Gasteiger partial charge is 0.490 e. The summed E-state index contributed by atoms with van der Waals surface area (Å²) in [6, 6.07) is 28.1. The molecule has 0 amide bonds. The third-order valence-electron chi connectivity index (χ3n) is 4.51. The van der Waals surface area contributed by atoms with Gasteiger partial charge in [-0.2, -0.15) is 13.2 Å². The van der Waals surface area contributed by atoms with Crippen molar-refractivity contribution in [2.45, 2.75) is 16.4 Å². The summed E-state index contributed by atoms with van der Waals surface area (Å²) < 4.78 is 42.3. The summed E-state index contributed by atoms with van der Waals surface area (Å²) in [4.78, 5) is 11.5. The van der Waals surface area contributed by atoms with Crippen LogP contribution in [0, 0.1) is 0 Å². The van der Waals surface area contributed by atoms with Crippen LogP contribution >= 0.6 is 11.8 Å². The molecule has 0 saturated heterocycles. The van der Waals surface area contributed by atoms with Gasteiger partial charge in [-0.1, -0.05) is 103 Å². The second-order valence-corrected chi connectivity index (χ2v) is 7.84. The van der Waals surface area contributed by atoms with Crippen molar-refractivity contribution in [1.82, 2.24) is 0 Å². The fourth-order valence-corrected chi connectivity index (χ4v) is 4.67.